The van der Waals surface area contributed by atoms with E-state index in [1.54, 1.807) is 0 Å². The van der Waals surface area contributed by atoms with Crippen LogP contribution in [0.25, 0.3) is 0 Å². The topological polar surface area (TPSA) is 6.48 Å². The first-order valence-corrected chi connectivity index (χ1v) is 16.4. The lowest BCUT2D eigenvalue weighted by Gasteiger charge is -2.50. The molecule has 0 spiro atoms. The third-order valence-electron chi connectivity index (χ3n) is 10.00. The van der Waals surface area contributed by atoms with Gasteiger partial charge in [-0.3, -0.25) is 0 Å². The number of aryl methyl sites for hydroxylation is 1. The molecule has 2 heterocycles. The molecule has 0 bridgehead atoms. The van der Waals surface area contributed by atoms with Gasteiger partial charge in [0.25, 0.3) is 6.71 Å². The van der Waals surface area contributed by atoms with Crippen LogP contribution in [0.5, 0.6) is 0 Å². The first-order chi connectivity index (χ1) is 21.3. The summed E-state index contributed by atoms with van der Waals surface area (Å²) in [6, 6.07) is 41.3. The lowest BCUT2D eigenvalue weighted by Crippen LogP contribution is -2.63. The molecular weight excluding hydrogens is 543 g/mol. The van der Waals surface area contributed by atoms with Gasteiger partial charge in [-0.15, -0.1) is 0 Å². The van der Waals surface area contributed by atoms with Crippen LogP contribution in [0.15, 0.2) is 109 Å². The summed E-state index contributed by atoms with van der Waals surface area (Å²) in [6.45, 7) is 21.1. The van der Waals surface area contributed by atoms with E-state index in [1.165, 1.54) is 67.1 Å². The fourth-order valence-electron chi connectivity index (χ4n) is 7.50. The molecule has 0 N–H and O–H groups in total. The van der Waals surface area contributed by atoms with Crippen LogP contribution in [0.4, 0.5) is 28.4 Å². The Kier molecular flexibility index (Phi) is 6.64. The van der Waals surface area contributed by atoms with Gasteiger partial charge >= 0.3 is 0 Å². The van der Waals surface area contributed by atoms with Crippen molar-refractivity contribution in [1.29, 1.82) is 0 Å². The number of rotatable bonds is 3. The lowest BCUT2D eigenvalue weighted by molar-refractivity contribution is 0.535. The molecule has 3 heteroatoms. The zero-order chi connectivity index (χ0) is 31.9. The molecule has 0 aliphatic carbocycles. The van der Waals surface area contributed by atoms with E-state index in [0.29, 0.717) is 0 Å². The summed E-state index contributed by atoms with van der Waals surface area (Å²) >= 11 is 0. The molecule has 7 rings (SSSR count). The molecule has 2 aliphatic rings. The average molecular weight is 589 g/mol. The monoisotopic (exact) mass is 588 g/mol. The largest absolute Gasteiger partial charge is 0.333 e. The van der Waals surface area contributed by atoms with E-state index in [2.05, 4.69) is 181 Å². The quantitative estimate of drug-likeness (QED) is 0.190. The maximum atomic E-state index is 2.65. The Hall–Kier alpha value is -4.24. The molecule has 0 aromatic heterocycles. The number of fused-ring (bicyclic) bond motifs is 4. The molecule has 0 atom stereocenters. The van der Waals surface area contributed by atoms with E-state index < -0.39 is 0 Å². The number of anilines is 5. The summed E-state index contributed by atoms with van der Waals surface area (Å²) in [4.78, 5) is 5.16. The summed E-state index contributed by atoms with van der Waals surface area (Å²) in [5, 5.41) is 0. The van der Waals surface area contributed by atoms with Crippen LogP contribution in [0, 0.1) is 6.92 Å². The zero-order valence-electron chi connectivity index (χ0n) is 28.4. The molecule has 0 fully saturated rings. The van der Waals surface area contributed by atoms with Crippen molar-refractivity contribution in [2.24, 2.45) is 0 Å². The number of hydrogen-bond acceptors (Lipinski definition) is 2. The van der Waals surface area contributed by atoms with Gasteiger partial charge in [0, 0.05) is 28.4 Å². The number of benzene rings is 5. The van der Waals surface area contributed by atoms with Crippen molar-refractivity contribution in [3.05, 3.63) is 131 Å². The fraction of sp³-hybridized carbons (Fsp3) is 0.286. The van der Waals surface area contributed by atoms with Gasteiger partial charge in [-0.05, 0) is 107 Å². The summed E-state index contributed by atoms with van der Waals surface area (Å²) in [5.74, 6) is 0. The Morgan fingerprint density at radius 1 is 0.489 bits per heavy atom. The Balaban J connectivity index is 1.61. The second-order valence-corrected chi connectivity index (χ2v) is 15.6. The van der Waals surface area contributed by atoms with Gasteiger partial charge in [0.05, 0.1) is 5.54 Å². The van der Waals surface area contributed by atoms with E-state index in [4.69, 9.17) is 0 Å². The van der Waals surface area contributed by atoms with Gasteiger partial charge < -0.3 is 9.80 Å². The van der Waals surface area contributed by atoms with Crippen LogP contribution in [-0.4, -0.2) is 6.71 Å². The van der Waals surface area contributed by atoms with Crippen LogP contribution in [0.1, 0.15) is 77.6 Å². The van der Waals surface area contributed by atoms with E-state index in [0.717, 1.165) is 0 Å². The highest BCUT2D eigenvalue weighted by molar-refractivity contribution is 7.00. The molecule has 0 radical (unpaired) electrons. The Bertz CT molecular complexity index is 1910. The van der Waals surface area contributed by atoms with Gasteiger partial charge in [0.1, 0.15) is 0 Å². The minimum Gasteiger partial charge on any atom is -0.333 e. The molecular formula is C42H45BN2. The molecule has 226 valence electrons. The summed E-state index contributed by atoms with van der Waals surface area (Å²) in [7, 11) is 0. The molecule has 5 aromatic carbocycles. The maximum absolute atomic E-state index is 2.65. The molecule has 0 amide bonds. The highest BCUT2D eigenvalue weighted by Gasteiger charge is 2.46. The lowest BCUT2D eigenvalue weighted by atomic mass is 9.33. The third kappa shape index (κ3) is 4.71. The van der Waals surface area contributed by atoms with Crippen molar-refractivity contribution in [1.82, 2.24) is 0 Å². The van der Waals surface area contributed by atoms with Gasteiger partial charge in [-0.1, -0.05) is 114 Å². The normalized spacial score (nSPS) is 14.2. The number of nitrogens with zero attached hydrogens (tertiary/aromatic N) is 2. The van der Waals surface area contributed by atoms with Crippen LogP contribution < -0.4 is 26.2 Å². The van der Waals surface area contributed by atoms with Crippen LogP contribution >= 0.6 is 0 Å². The molecule has 0 saturated heterocycles. The van der Waals surface area contributed by atoms with Gasteiger partial charge in [-0.2, -0.15) is 0 Å². The van der Waals surface area contributed by atoms with Crippen LogP contribution in [0.2, 0.25) is 0 Å². The fourth-order valence-corrected chi connectivity index (χ4v) is 7.50. The molecule has 0 saturated carbocycles. The SMILES string of the molecule is Cc1cc2c3c(c1)N(C(C)(C)c1ccccc1)c1cc(C(C)(C)C)ccc1B3c1cc(C(C)(C)C)ccc1N2c1ccccc1. The smallest absolute Gasteiger partial charge is 0.252 e. The van der Waals surface area contributed by atoms with Gasteiger partial charge in [0.15, 0.2) is 0 Å². The maximum Gasteiger partial charge on any atom is 0.252 e. The molecule has 5 aromatic rings. The van der Waals surface area contributed by atoms with E-state index in [1.807, 2.05) is 0 Å². The summed E-state index contributed by atoms with van der Waals surface area (Å²) in [5.41, 5.74) is 15.6. The highest BCUT2D eigenvalue weighted by atomic mass is 15.2. The summed E-state index contributed by atoms with van der Waals surface area (Å²) in [6.07, 6.45) is 0. The predicted octanol–water partition coefficient (Wildman–Crippen LogP) is 9.28. The number of para-hydroxylation sites is 1. The predicted molar refractivity (Wildman–Crippen MR) is 196 cm³/mol. The average Bonchev–Trinajstić information content (AvgIpc) is 3.00. The van der Waals surface area contributed by atoms with Crippen molar-refractivity contribution >= 4 is 51.5 Å². The van der Waals surface area contributed by atoms with Crippen molar-refractivity contribution in [3.8, 4) is 0 Å². The highest BCUT2D eigenvalue weighted by Crippen LogP contribution is 2.47. The summed E-state index contributed by atoms with van der Waals surface area (Å²) < 4.78 is 0. The molecule has 2 nitrogen and oxygen atoms in total. The molecule has 45 heavy (non-hydrogen) atoms. The zero-order valence-corrected chi connectivity index (χ0v) is 28.4. The molecule has 0 unspecified atom stereocenters. The van der Waals surface area contributed by atoms with Gasteiger partial charge in [0.2, 0.25) is 0 Å². The first kappa shape index (κ1) is 29.5. The Labute approximate surface area is 270 Å². The minimum atomic E-state index is -0.301. The van der Waals surface area contributed by atoms with E-state index >= 15 is 0 Å². The third-order valence-corrected chi connectivity index (χ3v) is 10.00. The Morgan fingerprint density at radius 2 is 1.07 bits per heavy atom. The first-order valence-electron chi connectivity index (χ1n) is 16.4. The van der Waals surface area contributed by atoms with Crippen molar-refractivity contribution < 1.29 is 0 Å². The number of hydrogen-bond donors (Lipinski definition) is 0. The Morgan fingerprint density at radius 3 is 1.71 bits per heavy atom. The van der Waals surface area contributed by atoms with Gasteiger partial charge in [-0.25, -0.2) is 0 Å². The second kappa shape index (κ2) is 10.1. The van der Waals surface area contributed by atoms with Crippen molar-refractivity contribution in [2.75, 3.05) is 9.80 Å². The van der Waals surface area contributed by atoms with Crippen LogP contribution in [0.3, 0.4) is 0 Å². The second-order valence-electron chi connectivity index (χ2n) is 15.6. The van der Waals surface area contributed by atoms with Crippen molar-refractivity contribution in [3.63, 3.8) is 0 Å². The molecule has 2 aliphatic heterocycles. The van der Waals surface area contributed by atoms with E-state index in [9.17, 15) is 0 Å². The van der Waals surface area contributed by atoms with Crippen molar-refractivity contribution in [2.45, 2.75) is 78.7 Å². The van der Waals surface area contributed by atoms with E-state index in [-0.39, 0.29) is 23.1 Å². The minimum absolute atomic E-state index is 0.0314. The standard InChI is InChI=1S/C42H45BN2/c1-28-24-37-39-38(25-28)45(42(8,9)29-16-12-10-13-17-29)36-27-31(41(5,6)7)20-22-33(36)43(39)34-26-30(40(2,3)4)21-23-35(34)44(37)32-18-14-11-15-19-32/h10-27H,1-9H3. The van der Waals surface area contributed by atoms with Crippen LogP contribution in [-0.2, 0) is 16.4 Å².